The van der Waals surface area contributed by atoms with Crippen molar-refractivity contribution < 1.29 is 14.4 Å². The first kappa shape index (κ1) is 14.8. The minimum absolute atomic E-state index is 0.00904. The van der Waals surface area contributed by atoms with Crippen LogP contribution in [-0.2, 0) is 14.4 Å². The van der Waals surface area contributed by atoms with Crippen molar-refractivity contribution in [1.82, 2.24) is 15.1 Å². The van der Waals surface area contributed by atoms with Crippen LogP contribution in [0.5, 0.6) is 0 Å². The highest BCUT2D eigenvalue weighted by Gasteiger charge is 2.34. The summed E-state index contributed by atoms with van der Waals surface area (Å²) in [4.78, 5) is 38.3. The molecule has 0 aromatic carbocycles. The zero-order chi connectivity index (χ0) is 14.7. The summed E-state index contributed by atoms with van der Waals surface area (Å²) in [5.74, 6) is -0.884. The van der Waals surface area contributed by atoms with Crippen LogP contribution in [0.4, 0.5) is 0 Å². The molecule has 7 nitrogen and oxygen atoms in total. The fourth-order valence-electron chi connectivity index (χ4n) is 2.46. The Morgan fingerprint density at radius 1 is 1.30 bits per heavy atom. The van der Waals surface area contributed by atoms with Gasteiger partial charge in [0, 0.05) is 32.2 Å². The first-order valence-electron chi connectivity index (χ1n) is 7.14. The van der Waals surface area contributed by atoms with Crippen molar-refractivity contribution in [3.05, 3.63) is 0 Å². The second kappa shape index (κ2) is 6.21. The van der Waals surface area contributed by atoms with E-state index in [0.29, 0.717) is 32.1 Å². The van der Waals surface area contributed by atoms with Crippen molar-refractivity contribution in [1.29, 1.82) is 0 Å². The third-order valence-electron chi connectivity index (χ3n) is 3.90. The molecule has 1 atom stereocenters. The van der Waals surface area contributed by atoms with Crippen LogP contribution in [-0.4, -0.2) is 66.3 Å². The number of nitrogens with one attached hydrogen (secondary N) is 1. The van der Waals surface area contributed by atoms with E-state index in [-0.39, 0.29) is 18.5 Å². The van der Waals surface area contributed by atoms with Gasteiger partial charge in [-0.15, -0.1) is 0 Å². The molecular formula is C13H22N4O3. The van der Waals surface area contributed by atoms with Crippen LogP contribution in [0, 0.1) is 5.92 Å². The van der Waals surface area contributed by atoms with Crippen molar-refractivity contribution in [2.45, 2.75) is 25.8 Å². The molecule has 0 aromatic heterocycles. The summed E-state index contributed by atoms with van der Waals surface area (Å²) >= 11 is 0. The van der Waals surface area contributed by atoms with E-state index in [2.05, 4.69) is 5.32 Å². The van der Waals surface area contributed by atoms with Crippen LogP contribution >= 0.6 is 0 Å². The summed E-state index contributed by atoms with van der Waals surface area (Å²) in [7, 11) is 0. The Bertz CT molecular complexity index is 408. The van der Waals surface area contributed by atoms with Gasteiger partial charge >= 0.3 is 11.8 Å². The van der Waals surface area contributed by atoms with Gasteiger partial charge in [0.1, 0.15) is 6.54 Å². The van der Waals surface area contributed by atoms with Crippen LogP contribution in [0.25, 0.3) is 0 Å². The average Bonchev–Trinajstić information content (AvgIpc) is 3.26. The number of amides is 3. The fraction of sp³-hybridized carbons (Fsp3) is 0.769. The van der Waals surface area contributed by atoms with Crippen LogP contribution in [0.2, 0.25) is 0 Å². The first-order chi connectivity index (χ1) is 9.56. The molecule has 2 aliphatic rings. The van der Waals surface area contributed by atoms with Crippen molar-refractivity contribution in [3.63, 3.8) is 0 Å². The van der Waals surface area contributed by atoms with E-state index >= 15 is 0 Å². The van der Waals surface area contributed by atoms with Crippen molar-refractivity contribution in [2.75, 3.05) is 32.7 Å². The molecule has 3 amide bonds. The minimum Gasteiger partial charge on any atom is -0.350 e. The lowest BCUT2D eigenvalue weighted by Gasteiger charge is -2.33. The zero-order valence-corrected chi connectivity index (χ0v) is 11.8. The second-order valence-electron chi connectivity index (χ2n) is 5.36. The Balaban J connectivity index is 1.85. The van der Waals surface area contributed by atoms with E-state index in [9.17, 15) is 14.4 Å². The number of hydrogen-bond donors (Lipinski definition) is 2. The Hall–Kier alpha value is -1.63. The highest BCUT2D eigenvalue weighted by atomic mass is 16.2. The third-order valence-corrected chi connectivity index (χ3v) is 3.90. The van der Waals surface area contributed by atoms with Crippen LogP contribution in [0.1, 0.15) is 19.8 Å². The van der Waals surface area contributed by atoms with E-state index in [1.165, 1.54) is 9.80 Å². The molecule has 112 valence electrons. The summed E-state index contributed by atoms with van der Waals surface area (Å²) in [5.41, 5.74) is 5.62. The lowest BCUT2D eigenvalue weighted by molar-refractivity contribution is -0.156. The summed E-state index contributed by atoms with van der Waals surface area (Å²) in [5, 5.41) is 2.85. The van der Waals surface area contributed by atoms with E-state index in [1.54, 1.807) is 0 Å². The van der Waals surface area contributed by atoms with Crippen LogP contribution < -0.4 is 11.1 Å². The Kier molecular flexibility index (Phi) is 4.59. The van der Waals surface area contributed by atoms with Crippen molar-refractivity contribution in [2.24, 2.45) is 11.7 Å². The van der Waals surface area contributed by atoms with Gasteiger partial charge < -0.3 is 20.9 Å². The summed E-state index contributed by atoms with van der Waals surface area (Å²) in [6, 6.07) is -0.00904. The Morgan fingerprint density at radius 3 is 2.45 bits per heavy atom. The van der Waals surface area contributed by atoms with Gasteiger partial charge in [-0.1, -0.05) is 0 Å². The number of rotatable bonds is 6. The molecule has 1 saturated heterocycles. The summed E-state index contributed by atoms with van der Waals surface area (Å²) in [6.07, 6.45) is 2.18. The number of piperazine rings is 1. The van der Waals surface area contributed by atoms with Crippen LogP contribution in [0.15, 0.2) is 0 Å². The third kappa shape index (κ3) is 3.27. The SMILES string of the molecule is CCN1CCN(CC(=O)NC(CN)C2CC2)C(=O)C1=O. The zero-order valence-electron chi connectivity index (χ0n) is 11.8. The van der Waals surface area contributed by atoms with E-state index in [1.807, 2.05) is 6.92 Å². The summed E-state index contributed by atoms with van der Waals surface area (Å²) in [6.45, 7) is 3.58. The molecule has 1 aliphatic heterocycles. The van der Waals surface area contributed by atoms with Gasteiger partial charge in [0.25, 0.3) is 0 Å². The fourth-order valence-corrected chi connectivity index (χ4v) is 2.46. The molecule has 2 rings (SSSR count). The van der Waals surface area contributed by atoms with Gasteiger partial charge in [-0.25, -0.2) is 0 Å². The van der Waals surface area contributed by atoms with Crippen LogP contribution in [0.3, 0.4) is 0 Å². The van der Waals surface area contributed by atoms with Gasteiger partial charge in [-0.2, -0.15) is 0 Å². The second-order valence-corrected chi connectivity index (χ2v) is 5.36. The molecule has 1 aliphatic carbocycles. The lowest BCUT2D eigenvalue weighted by atomic mass is 10.2. The van der Waals surface area contributed by atoms with E-state index in [0.717, 1.165) is 12.8 Å². The molecule has 0 aromatic rings. The van der Waals surface area contributed by atoms with Crippen molar-refractivity contribution in [3.8, 4) is 0 Å². The number of carbonyl (C=O) groups excluding carboxylic acids is 3. The number of carbonyl (C=O) groups is 3. The predicted molar refractivity (Wildman–Crippen MR) is 72.5 cm³/mol. The lowest BCUT2D eigenvalue weighted by Crippen LogP contribution is -2.57. The molecule has 1 unspecified atom stereocenters. The average molecular weight is 282 g/mol. The molecule has 7 heteroatoms. The van der Waals surface area contributed by atoms with E-state index in [4.69, 9.17) is 5.73 Å². The highest BCUT2D eigenvalue weighted by Crippen LogP contribution is 2.32. The first-order valence-corrected chi connectivity index (χ1v) is 7.14. The number of nitrogens with two attached hydrogens (primary N) is 1. The maximum absolute atomic E-state index is 11.9. The molecule has 3 N–H and O–H groups in total. The quantitative estimate of drug-likeness (QED) is 0.581. The van der Waals surface area contributed by atoms with E-state index < -0.39 is 11.8 Å². The van der Waals surface area contributed by atoms with Gasteiger partial charge in [-0.05, 0) is 25.7 Å². The monoisotopic (exact) mass is 282 g/mol. The maximum Gasteiger partial charge on any atom is 0.312 e. The Morgan fingerprint density at radius 2 is 1.90 bits per heavy atom. The van der Waals surface area contributed by atoms with Gasteiger partial charge in [0.2, 0.25) is 5.91 Å². The topological polar surface area (TPSA) is 95.7 Å². The molecule has 1 saturated carbocycles. The molecule has 2 fully saturated rings. The molecule has 1 heterocycles. The predicted octanol–water partition coefficient (Wildman–Crippen LogP) is -1.47. The molecule has 0 bridgehead atoms. The Labute approximate surface area is 118 Å². The number of likely N-dealkylation sites (N-methyl/N-ethyl adjacent to an activating group) is 1. The maximum atomic E-state index is 11.9. The van der Waals surface area contributed by atoms with Crippen molar-refractivity contribution >= 4 is 17.7 Å². The number of hydrogen-bond acceptors (Lipinski definition) is 4. The molecule has 0 spiro atoms. The van der Waals surface area contributed by atoms with Gasteiger partial charge in [-0.3, -0.25) is 14.4 Å². The van der Waals surface area contributed by atoms with Gasteiger partial charge in [0.05, 0.1) is 0 Å². The molecule has 20 heavy (non-hydrogen) atoms. The normalized spacial score (nSPS) is 21.1. The highest BCUT2D eigenvalue weighted by molar-refractivity contribution is 6.35. The molecular weight excluding hydrogens is 260 g/mol. The molecule has 0 radical (unpaired) electrons. The number of nitrogens with zero attached hydrogens (tertiary/aromatic N) is 2. The smallest absolute Gasteiger partial charge is 0.312 e. The minimum atomic E-state index is -0.594. The largest absolute Gasteiger partial charge is 0.350 e. The summed E-state index contributed by atoms with van der Waals surface area (Å²) < 4.78 is 0. The van der Waals surface area contributed by atoms with Gasteiger partial charge in [0.15, 0.2) is 0 Å². The standard InChI is InChI=1S/C13H22N4O3/c1-2-16-5-6-17(13(20)12(16)19)8-11(18)15-10(7-14)9-3-4-9/h9-10H,2-8,14H2,1H3,(H,15,18).